The molecule has 0 unspecified atom stereocenters. The van der Waals surface area contributed by atoms with Gasteiger partial charge in [0.25, 0.3) is 0 Å². The lowest BCUT2D eigenvalue weighted by Crippen LogP contribution is -2.34. The number of nitrogens with one attached hydrogen (secondary N) is 1. The van der Waals surface area contributed by atoms with Crippen LogP contribution in [0.25, 0.3) is 21.9 Å². The molecular weight excluding hydrogens is 632 g/mol. The van der Waals surface area contributed by atoms with Gasteiger partial charge in [0, 0.05) is 31.1 Å². The van der Waals surface area contributed by atoms with Crippen molar-refractivity contribution in [1.29, 1.82) is 0 Å². The highest BCUT2D eigenvalue weighted by Crippen LogP contribution is 2.38. The van der Waals surface area contributed by atoms with Gasteiger partial charge < -0.3 is 9.72 Å². The monoisotopic (exact) mass is 658 g/mol. The number of hydrogen-bond donors (Lipinski definition) is 1. The zero-order valence-corrected chi connectivity index (χ0v) is 26.6. The van der Waals surface area contributed by atoms with E-state index < -0.39 is 42.9 Å². The molecule has 2 aromatic carbocycles. The van der Waals surface area contributed by atoms with Gasteiger partial charge in [-0.05, 0) is 50.2 Å². The summed E-state index contributed by atoms with van der Waals surface area (Å²) in [6.07, 6.45) is 2.74. The van der Waals surface area contributed by atoms with Crippen LogP contribution in [0, 0.1) is 5.82 Å². The fourth-order valence-electron chi connectivity index (χ4n) is 4.27. The Morgan fingerprint density at radius 1 is 1.05 bits per heavy atom. The molecule has 0 bridgehead atoms. The van der Waals surface area contributed by atoms with Gasteiger partial charge in [-0.2, -0.15) is 0 Å². The number of benzene rings is 2. The first-order valence-corrected chi connectivity index (χ1v) is 17.3. The summed E-state index contributed by atoms with van der Waals surface area (Å²) in [4.78, 5) is 34.0. The molecule has 1 amide bonds. The second-order valence-corrected chi connectivity index (χ2v) is 15.7. The third kappa shape index (κ3) is 6.66. The summed E-state index contributed by atoms with van der Waals surface area (Å²) in [6.45, 7) is 5.09. The van der Waals surface area contributed by atoms with Crippen molar-refractivity contribution in [3.05, 3.63) is 66.2 Å². The number of aromatic amines is 1. The van der Waals surface area contributed by atoms with Crippen LogP contribution in [-0.4, -0.2) is 66.8 Å². The molecule has 5 aromatic rings. The van der Waals surface area contributed by atoms with Crippen molar-refractivity contribution in [3.8, 4) is 0 Å². The Balaban J connectivity index is 1.71. The minimum absolute atomic E-state index is 0.0195. The van der Waals surface area contributed by atoms with E-state index in [2.05, 4.69) is 24.9 Å². The van der Waals surface area contributed by atoms with Crippen molar-refractivity contribution < 1.29 is 30.8 Å². The molecule has 0 saturated carbocycles. The number of rotatable bonds is 7. The molecule has 0 atom stereocenters. The van der Waals surface area contributed by atoms with Crippen LogP contribution in [0.5, 0.6) is 0 Å². The molecule has 230 valence electrons. The molecule has 44 heavy (non-hydrogen) atoms. The zero-order chi connectivity index (χ0) is 32.0. The van der Waals surface area contributed by atoms with Crippen molar-refractivity contribution in [2.45, 2.75) is 52.4 Å². The highest BCUT2D eigenvalue weighted by molar-refractivity contribution is 7.99. The van der Waals surface area contributed by atoms with E-state index in [1.54, 1.807) is 51.1 Å². The Morgan fingerprint density at radius 2 is 1.70 bits per heavy atom. The van der Waals surface area contributed by atoms with E-state index in [1.165, 1.54) is 19.4 Å². The molecule has 0 aliphatic heterocycles. The minimum Gasteiger partial charge on any atom is -0.443 e. The Hall–Kier alpha value is -4.15. The molecule has 3 heterocycles. The molecule has 5 rings (SSSR count). The first-order valence-electron chi connectivity index (χ1n) is 13.0. The van der Waals surface area contributed by atoms with Crippen LogP contribution in [-0.2, 0) is 30.2 Å². The van der Waals surface area contributed by atoms with E-state index in [9.17, 15) is 21.6 Å². The number of fused-ring (bicyclic) bond motifs is 3. The maximum absolute atomic E-state index is 15.1. The van der Waals surface area contributed by atoms with Crippen molar-refractivity contribution in [1.82, 2.24) is 24.9 Å². The number of halogens is 1. The lowest BCUT2D eigenvalue weighted by atomic mass is 10.1. The molecule has 0 saturated heterocycles. The molecule has 0 aliphatic carbocycles. The summed E-state index contributed by atoms with van der Waals surface area (Å²) < 4.78 is 71.9. The van der Waals surface area contributed by atoms with E-state index in [0.717, 1.165) is 35.1 Å². The molecule has 1 N–H and O–H groups in total. The largest absolute Gasteiger partial charge is 0.443 e. The summed E-state index contributed by atoms with van der Waals surface area (Å²) in [5.41, 5.74) is 0.0928. The van der Waals surface area contributed by atoms with E-state index in [4.69, 9.17) is 4.74 Å². The molecule has 0 aliphatic rings. The standard InChI is InChI=1S/C28H27FN6O6S3/c1-28(2,3)41-27(36)35(4)20-12-17(29)11-19-21-23(32-22(19)20)33-25(42-18-13-30-26(31-14-18)43(5,37)38)34-24(21)44(39,40)15-16-9-7-6-8-10-16/h6-14H,15H2,1-5H3,(H,32,33,34). The number of hydrogen-bond acceptors (Lipinski definition) is 11. The predicted octanol–water partition coefficient (Wildman–Crippen LogP) is 4.94. The van der Waals surface area contributed by atoms with Crippen LogP contribution in [0.1, 0.15) is 26.3 Å². The Labute approximate surface area is 256 Å². The topological polar surface area (TPSA) is 165 Å². The maximum atomic E-state index is 15.1. The zero-order valence-electron chi connectivity index (χ0n) is 24.2. The number of ether oxygens (including phenoxy) is 1. The number of nitrogens with zero attached hydrogens (tertiary/aromatic N) is 5. The van der Waals surface area contributed by atoms with Gasteiger partial charge in [0.05, 0.1) is 27.2 Å². The summed E-state index contributed by atoms with van der Waals surface area (Å²) in [5.74, 6) is -1.13. The third-order valence-corrected chi connectivity index (χ3v) is 9.40. The van der Waals surface area contributed by atoms with Gasteiger partial charge in [-0.3, -0.25) is 4.90 Å². The quantitative estimate of drug-likeness (QED) is 0.186. The summed E-state index contributed by atoms with van der Waals surface area (Å²) in [5, 5.41) is -0.556. The predicted molar refractivity (Wildman–Crippen MR) is 163 cm³/mol. The van der Waals surface area contributed by atoms with Crippen LogP contribution in [0.15, 0.2) is 75.1 Å². The lowest BCUT2D eigenvalue weighted by molar-refractivity contribution is 0.0589. The van der Waals surface area contributed by atoms with Gasteiger partial charge in [-0.15, -0.1) is 0 Å². The van der Waals surface area contributed by atoms with Gasteiger partial charge in [0.2, 0.25) is 24.8 Å². The fraction of sp³-hybridized carbons (Fsp3) is 0.250. The van der Waals surface area contributed by atoms with E-state index in [-0.39, 0.29) is 43.0 Å². The minimum atomic E-state index is -4.15. The number of sulfone groups is 2. The maximum Gasteiger partial charge on any atom is 0.414 e. The van der Waals surface area contributed by atoms with E-state index in [0.29, 0.717) is 10.5 Å². The molecule has 12 nitrogen and oxygen atoms in total. The molecule has 0 fully saturated rings. The number of carbonyl (C=O) groups is 1. The van der Waals surface area contributed by atoms with E-state index in [1.807, 2.05) is 0 Å². The molecule has 3 aromatic heterocycles. The Kier molecular flexibility index (Phi) is 8.11. The number of anilines is 1. The number of amides is 1. The van der Waals surface area contributed by atoms with E-state index >= 15 is 4.39 Å². The second-order valence-electron chi connectivity index (χ2n) is 10.9. The van der Waals surface area contributed by atoms with Crippen molar-refractivity contribution in [3.63, 3.8) is 0 Å². The van der Waals surface area contributed by atoms with Crippen LogP contribution in [0.3, 0.4) is 0 Å². The van der Waals surface area contributed by atoms with Crippen LogP contribution < -0.4 is 4.90 Å². The first-order chi connectivity index (χ1) is 20.5. The number of aromatic nitrogens is 5. The SMILES string of the molecule is CN(C(=O)OC(C)(C)C)c1cc(F)cc2c1[nH]c1nc(Sc3cnc(S(C)(=O)=O)nc3)nc(S(=O)(=O)Cc3ccccc3)c12. The van der Waals surface area contributed by atoms with Gasteiger partial charge in [-0.25, -0.2) is 46.0 Å². The lowest BCUT2D eigenvalue weighted by Gasteiger charge is -2.25. The molecule has 16 heteroatoms. The highest BCUT2D eigenvalue weighted by atomic mass is 32.2. The highest BCUT2D eigenvalue weighted by Gasteiger charge is 2.29. The van der Waals surface area contributed by atoms with Gasteiger partial charge in [0.1, 0.15) is 17.1 Å². The second kappa shape index (κ2) is 11.4. The molecule has 0 spiro atoms. The smallest absolute Gasteiger partial charge is 0.414 e. The van der Waals surface area contributed by atoms with Crippen molar-refractivity contribution in [2.75, 3.05) is 18.2 Å². The van der Waals surface area contributed by atoms with Crippen LogP contribution >= 0.6 is 11.8 Å². The van der Waals surface area contributed by atoms with Crippen LogP contribution in [0.2, 0.25) is 0 Å². The third-order valence-electron chi connectivity index (χ3n) is 6.12. The van der Waals surface area contributed by atoms with Gasteiger partial charge in [-0.1, -0.05) is 30.3 Å². The normalized spacial score (nSPS) is 12.5. The van der Waals surface area contributed by atoms with Gasteiger partial charge in [0.15, 0.2) is 10.2 Å². The Morgan fingerprint density at radius 3 is 2.32 bits per heavy atom. The van der Waals surface area contributed by atoms with Crippen LogP contribution in [0.4, 0.5) is 14.9 Å². The molecular formula is C28H27FN6O6S3. The van der Waals surface area contributed by atoms with Gasteiger partial charge >= 0.3 is 6.09 Å². The summed E-state index contributed by atoms with van der Waals surface area (Å²) in [7, 11) is -6.38. The first kappa shape index (κ1) is 31.3. The fourth-order valence-corrected chi connectivity index (χ4v) is 7.03. The average Bonchev–Trinajstić information content (AvgIpc) is 3.29. The number of carbonyl (C=O) groups excluding carboxylic acids is 1. The Bertz CT molecular complexity index is 2120. The van der Waals surface area contributed by atoms with Crippen molar-refractivity contribution >= 4 is 65.2 Å². The summed E-state index contributed by atoms with van der Waals surface area (Å²) in [6, 6.07) is 10.8. The average molecular weight is 659 g/mol. The number of H-pyrrole nitrogens is 1. The molecule has 0 radical (unpaired) electrons. The summed E-state index contributed by atoms with van der Waals surface area (Å²) >= 11 is 0.908. The van der Waals surface area contributed by atoms with Crippen molar-refractivity contribution in [2.24, 2.45) is 0 Å².